The average Bonchev–Trinajstić information content (AvgIpc) is 2.99. The van der Waals surface area contributed by atoms with Crippen LogP contribution in [0, 0.1) is 5.92 Å². The van der Waals surface area contributed by atoms with Crippen LogP contribution in [0.5, 0.6) is 0 Å². The number of amides is 1. The van der Waals surface area contributed by atoms with Gasteiger partial charge >= 0.3 is 0 Å². The van der Waals surface area contributed by atoms with Crippen molar-refractivity contribution in [1.29, 1.82) is 0 Å². The lowest BCUT2D eigenvalue weighted by atomic mass is 9.92. The van der Waals surface area contributed by atoms with Gasteiger partial charge < -0.3 is 25.4 Å². The van der Waals surface area contributed by atoms with E-state index in [2.05, 4.69) is 12.2 Å². The summed E-state index contributed by atoms with van der Waals surface area (Å²) in [6.45, 7) is 4.74. The number of likely N-dealkylation sites (N-methyl/N-ethyl adjacent to an activating group) is 1. The molecule has 9 atom stereocenters. The number of halogens is 1. The number of nitrogens with one attached hydrogen (secondary N) is 1. The molecule has 0 aromatic rings. The molecule has 27 heavy (non-hydrogen) atoms. The van der Waals surface area contributed by atoms with Crippen LogP contribution in [0.2, 0.25) is 0 Å². The number of alkyl halides is 1. The predicted molar refractivity (Wildman–Crippen MR) is 107 cm³/mol. The Balaban J connectivity index is 2.09. The van der Waals surface area contributed by atoms with E-state index in [4.69, 9.17) is 16.3 Å². The molecule has 2 aliphatic rings. The van der Waals surface area contributed by atoms with Gasteiger partial charge in [0.05, 0.1) is 17.5 Å². The number of carbonyl (C=O) groups excluding carboxylic acids is 1. The second-order valence-electron chi connectivity index (χ2n) is 7.73. The van der Waals surface area contributed by atoms with Gasteiger partial charge in [-0.25, -0.2) is 0 Å². The standard InChI is InChI=1S/C18H33ClN2O5S/c1-5-6-10-7-11(21(3)8-10)17(25)20-12(9(2)19)16-14(23)13(22)15(24)18(26-16)27-4/h9-16,18,22-24H,5-8H2,1-4H3,(H,20,25)/t9-,10+,11-,12+,13-,14-,15+,16-,18+/m0/s1. The fraction of sp³-hybridized carbons (Fsp3) is 0.944. The molecule has 2 rings (SSSR count). The van der Waals surface area contributed by atoms with Crippen molar-refractivity contribution >= 4 is 29.3 Å². The molecular weight excluding hydrogens is 392 g/mol. The van der Waals surface area contributed by atoms with Crippen molar-refractivity contribution in [2.75, 3.05) is 19.8 Å². The van der Waals surface area contributed by atoms with Gasteiger partial charge in [0.1, 0.15) is 29.9 Å². The van der Waals surface area contributed by atoms with E-state index >= 15 is 0 Å². The fourth-order valence-electron chi connectivity index (χ4n) is 4.11. The maximum atomic E-state index is 12.9. The number of ether oxygens (including phenoxy) is 1. The number of aliphatic hydroxyl groups is 3. The lowest BCUT2D eigenvalue weighted by molar-refractivity contribution is -0.205. The van der Waals surface area contributed by atoms with Crippen LogP contribution in [-0.4, -0.2) is 93.3 Å². The van der Waals surface area contributed by atoms with Crippen molar-refractivity contribution in [2.45, 2.75) is 80.4 Å². The number of nitrogens with zero attached hydrogens (tertiary/aromatic N) is 1. The van der Waals surface area contributed by atoms with Crippen molar-refractivity contribution in [1.82, 2.24) is 10.2 Å². The van der Waals surface area contributed by atoms with E-state index in [0.29, 0.717) is 5.92 Å². The van der Waals surface area contributed by atoms with Crippen LogP contribution in [0.25, 0.3) is 0 Å². The summed E-state index contributed by atoms with van der Waals surface area (Å²) in [5.74, 6) is 0.350. The summed E-state index contributed by atoms with van der Waals surface area (Å²) < 4.78 is 5.79. The third-order valence-corrected chi connectivity index (χ3v) is 6.76. The Morgan fingerprint density at radius 1 is 1.33 bits per heavy atom. The van der Waals surface area contributed by atoms with Gasteiger partial charge in [-0.2, -0.15) is 0 Å². The van der Waals surface area contributed by atoms with Crippen LogP contribution in [0.1, 0.15) is 33.1 Å². The first kappa shape index (κ1) is 23.2. The van der Waals surface area contributed by atoms with Gasteiger partial charge in [-0.1, -0.05) is 13.3 Å². The van der Waals surface area contributed by atoms with Gasteiger partial charge in [0.25, 0.3) is 0 Å². The molecule has 2 saturated heterocycles. The minimum absolute atomic E-state index is 0.147. The van der Waals surface area contributed by atoms with E-state index < -0.39 is 41.3 Å². The zero-order valence-corrected chi connectivity index (χ0v) is 18.0. The SMILES string of the molecule is CCC[C@@H]1C[C@@H](C(=O)N[C@@H]([C@@H]2O[C@H](SC)[C@H](O)[C@@H](O)[C@@H]2O)[C@H](C)Cl)N(C)C1. The first-order chi connectivity index (χ1) is 12.7. The smallest absolute Gasteiger partial charge is 0.237 e. The summed E-state index contributed by atoms with van der Waals surface area (Å²) in [5.41, 5.74) is -0.702. The molecule has 0 unspecified atom stereocenters. The topological polar surface area (TPSA) is 102 Å². The monoisotopic (exact) mass is 424 g/mol. The van der Waals surface area contributed by atoms with Gasteiger partial charge in [0.2, 0.25) is 5.91 Å². The number of aliphatic hydroxyl groups excluding tert-OH is 3. The van der Waals surface area contributed by atoms with Crippen molar-refractivity contribution in [3.05, 3.63) is 0 Å². The van der Waals surface area contributed by atoms with E-state index in [0.717, 1.165) is 25.8 Å². The number of thioether (sulfide) groups is 1. The van der Waals surface area contributed by atoms with Crippen LogP contribution in [-0.2, 0) is 9.53 Å². The van der Waals surface area contributed by atoms with Crippen molar-refractivity contribution < 1.29 is 24.9 Å². The summed E-state index contributed by atoms with van der Waals surface area (Å²) in [6.07, 6.45) is -0.0980. The molecule has 2 heterocycles. The molecule has 0 radical (unpaired) electrons. The van der Waals surface area contributed by atoms with E-state index in [-0.39, 0.29) is 11.9 Å². The molecule has 0 aromatic carbocycles. The Bertz CT molecular complexity index is 498. The molecule has 2 fully saturated rings. The van der Waals surface area contributed by atoms with Crippen LogP contribution < -0.4 is 5.32 Å². The van der Waals surface area contributed by atoms with Crippen LogP contribution in [0.4, 0.5) is 0 Å². The van der Waals surface area contributed by atoms with E-state index in [9.17, 15) is 20.1 Å². The molecule has 0 aliphatic carbocycles. The summed E-state index contributed by atoms with van der Waals surface area (Å²) in [6, 6.07) is -0.934. The maximum Gasteiger partial charge on any atom is 0.237 e. The molecule has 0 aromatic heterocycles. The lowest BCUT2D eigenvalue weighted by Gasteiger charge is -2.44. The van der Waals surface area contributed by atoms with Crippen LogP contribution >= 0.6 is 23.4 Å². The minimum atomic E-state index is -1.36. The number of carbonyl (C=O) groups is 1. The number of hydrogen-bond donors (Lipinski definition) is 4. The van der Waals surface area contributed by atoms with Crippen LogP contribution in [0.3, 0.4) is 0 Å². The Hall–Kier alpha value is -0.0900. The predicted octanol–water partition coefficient (Wildman–Crippen LogP) is 0.390. The minimum Gasteiger partial charge on any atom is -0.388 e. The van der Waals surface area contributed by atoms with E-state index in [1.807, 2.05) is 11.9 Å². The summed E-state index contributed by atoms with van der Waals surface area (Å²) >= 11 is 7.55. The highest BCUT2D eigenvalue weighted by molar-refractivity contribution is 7.99. The van der Waals surface area contributed by atoms with Gasteiger partial charge in [0.15, 0.2) is 0 Å². The highest BCUT2D eigenvalue weighted by Crippen LogP contribution is 2.31. The zero-order valence-electron chi connectivity index (χ0n) is 16.4. The van der Waals surface area contributed by atoms with Gasteiger partial charge in [-0.3, -0.25) is 9.69 Å². The molecular formula is C18H33ClN2O5S. The van der Waals surface area contributed by atoms with Gasteiger partial charge in [-0.05, 0) is 39.0 Å². The first-order valence-electron chi connectivity index (χ1n) is 9.58. The number of hydrogen-bond acceptors (Lipinski definition) is 7. The molecule has 7 nitrogen and oxygen atoms in total. The first-order valence-corrected chi connectivity index (χ1v) is 11.3. The Morgan fingerprint density at radius 3 is 2.56 bits per heavy atom. The van der Waals surface area contributed by atoms with E-state index in [1.54, 1.807) is 13.2 Å². The Kier molecular flexibility index (Phi) is 8.67. The normalized spacial score (nSPS) is 39.9. The Morgan fingerprint density at radius 2 is 2.00 bits per heavy atom. The number of likely N-dealkylation sites (tertiary alicyclic amines) is 1. The van der Waals surface area contributed by atoms with Crippen LogP contribution in [0.15, 0.2) is 0 Å². The largest absolute Gasteiger partial charge is 0.388 e. The highest BCUT2D eigenvalue weighted by atomic mass is 35.5. The maximum absolute atomic E-state index is 12.9. The average molecular weight is 425 g/mol. The van der Waals surface area contributed by atoms with E-state index in [1.165, 1.54) is 11.8 Å². The second kappa shape index (κ2) is 10.1. The Labute approximate surface area is 170 Å². The second-order valence-corrected chi connectivity index (χ2v) is 9.36. The third-order valence-electron chi connectivity index (χ3n) is 5.63. The molecule has 0 spiro atoms. The highest BCUT2D eigenvalue weighted by Gasteiger charge is 2.48. The van der Waals surface area contributed by atoms with Gasteiger partial charge in [-0.15, -0.1) is 23.4 Å². The molecule has 1 amide bonds. The van der Waals surface area contributed by atoms with Crippen molar-refractivity contribution in [2.24, 2.45) is 5.92 Å². The fourth-order valence-corrected chi connectivity index (χ4v) is 5.00. The number of rotatable bonds is 7. The zero-order chi connectivity index (χ0) is 20.3. The summed E-state index contributed by atoms with van der Waals surface area (Å²) in [5, 5.41) is 33.0. The summed E-state index contributed by atoms with van der Waals surface area (Å²) in [4.78, 5) is 14.9. The molecule has 158 valence electrons. The molecule has 2 aliphatic heterocycles. The lowest BCUT2D eigenvalue weighted by Crippen LogP contribution is -2.65. The molecule has 0 bridgehead atoms. The van der Waals surface area contributed by atoms with Crippen molar-refractivity contribution in [3.8, 4) is 0 Å². The summed E-state index contributed by atoms with van der Waals surface area (Å²) in [7, 11) is 1.94. The molecule has 4 N–H and O–H groups in total. The quantitative estimate of drug-likeness (QED) is 0.438. The van der Waals surface area contributed by atoms with Crippen molar-refractivity contribution in [3.63, 3.8) is 0 Å². The molecule has 0 saturated carbocycles. The van der Waals surface area contributed by atoms with Gasteiger partial charge in [0, 0.05) is 6.54 Å². The third kappa shape index (κ3) is 5.29. The molecule has 9 heteroatoms.